The Kier molecular flexibility index (Phi) is 6.29. The van der Waals surface area contributed by atoms with E-state index in [1.165, 1.54) is 12.1 Å². The third-order valence-electron chi connectivity index (χ3n) is 3.70. The zero-order valence-electron chi connectivity index (χ0n) is 13.3. The van der Waals surface area contributed by atoms with Gasteiger partial charge >= 0.3 is 0 Å². The Bertz CT molecular complexity index is 642. The summed E-state index contributed by atoms with van der Waals surface area (Å²) in [6, 6.07) is 8.13. The molecule has 0 spiro atoms. The summed E-state index contributed by atoms with van der Waals surface area (Å²) in [6.07, 6.45) is 3.63. The fourth-order valence-corrected chi connectivity index (χ4v) is 2.32. The van der Waals surface area contributed by atoms with Crippen molar-refractivity contribution in [3.05, 3.63) is 41.9 Å². The summed E-state index contributed by atoms with van der Waals surface area (Å²) >= 11 is 0. The highest BCUT2D eigenvalue weighted by molar-refractivity contribution is 5.77. The van der Waals surface area contributed by atoms with Crippen LogP contribution in [0.3, 0.4) is 0 Å². The lowest BCUT2D eigenvalue weighted by Crippen LogP contribution is -2.33. The van der Waals surface area contributed by atoms with Crippen LogP contribution in [0.1, 0.15) is 25.0 Å². The minimum atomic E-state index is -0.289. The molecular weight excluding hydrogens is 297 g/mol. The molecule has 0 saturated carbocycles. The molecule has 124 valence electrons. The average Bonchev–Trinajstić information content (AvgIpc) is 3.02. The number of halogens is 1. The number of carbonyl (C=O) groups is 1. The number of hydrogen-bond acceptors (Lipinski definition) is 4. The average molecular weight is 319 g/mol. The van der Waals surface area contributed by atoms with Crippen LogP contribution in [-0.2, 0) is 11.2 Å². The topological polar surface area (TPSA) is 72.4 Å². The van der Waals surface area contributed by atoms with Crippen LogP contribution in [0.25, 0.3) is 11.3 Å². The molecule has 0 aliphatic rings. The molecule has 1 aromatic carbocycles. The first-order valence-corrected chi connectivity index (χ1v) is 7.75. The zero-order valence-corrected chi connectivity index (χ0v) is 13.3. The Morgan fingerprint density at radius 2 is 2.13 bits per heavy atom. The van der Waals surface area contributed by atoms with Crippen molar-refractivity contribution in [1.29, 1.82) is 0 Å². The second kappa shape index (κ2) is 8.43. The number of rotatable bonds is 8. The monoisotopic (exact) mass is 319 g/mol. The van der Waals surface area contributed by atoms with E-state index in [0.717, 1.165) is 31.4 Å². The summed E-state index contributed by atoms with van der Waals surface area (Å²) in [4.78, 5) is 13.0. The van der Waals surface area contributed by atoms with E-state index < -0.39 is 0 Å². The van der Waals surface area contributed by atoms with Crippen LogP contribution >= 0.6 is 0 Å². The molecule has 0 aliphatic heterocycles. The molecule has 5 nitrogen and oxygen atoms in total. The van der Waals surface area contributed by atoms with Gasteiger partial charge in [-0.05, 0) is 25.0 Å². The lowest BCUT2D eigenvalue weighted by atomic mass is 10.1. The van der Waals surface area contributed by atoms with E-state index in [0.29, 0.717) is 17.8 Å². The van der Waals surface area contributed by atoms with Gasteiger partial charge in [0, 0.05) is 31.6 Å². The van der Waals surface area contributed by atoms with Crippen LogP contribution in [0.4, 0.5) is 4.39 Å². The van der Waals surface area contributed by atoms with Gasteiger partial charge < -0.3 is 15.2 Å². The second-order valence-electron chi connectivity index (χ2n) is 5.52. The smallest absolute Gasteiger partial charge is 0.236 e. The van der Waals surface area contributed by atoms with Crippen molar-refractivity contribution in [2.45, 2.75) is 25.7 Å². The Hall–Kier alpha value is -2.21. The number of unbranched alkanes of at least 4 members (excludes halogenated alkanes) is 2. The fourth-order valence-electron chi connectivity index (χ4n) is 2.32. The van der Waals surface area contributed by atoms with E-state index in [1.54, 1.807) is 24.1 Å². The van der Waals surface area contributed by atoms with Crippen molar-refractivity contribution in [1.82, 2.24) is 10.1 Å². The molecule has 0 unspecified atom stereocenters. The molecule has 0 saturated heterocycles. The maximum Gasteiger partial charge on any atom is 0.236 e. The van der Waals surface area contributed by atoms with Gasteiger partial charge in [0.1, 0.15) is 17.3 Å². The van der Waals surface area contributed by atoms with Gasteiger partial charge in [-0.2, -0.15) is 0 Å². The summed E-state index contributed by atoms with van der Waals surface area (Å²) in [5.41, 5.74) is 6.66. The van der Waals surface area contributed by atoms with Gasteiger partial charge in [0.05, 0.1) is 6.54 Å². The summed E-state index contributed by atoms with van der Waals surface area (Å²) in [5, 5.41) is 3.98. The van der Waals surface area contributed by atoms with Crippen molar-refractivity contribution in [2.75, 3.05) is 20.1 Å². The van der Waals surface area contributed by atoms with Crippen LogP contribution < -0.4 is 5.73 Å². The second-order valence-corrected chi connectivity index (χ2v) is 5.52. The Balaban J connectivity index is 1.74. The number of nitrogens with two attached hydrogens (primary N) is 1. The standard InChI is InChI=1S/C17H22FN3O2/c1-21(17(22)12-19)9-4-2-3-8-15-11-16(20-23-15)13-6-5-7-14(18)10-13/h5-7,10-11H,2-4,8-9,12,19H2,1H3. The molecule has 2 rings (SSSR count). The predicted octanol–water partition coefficient (Wildman–Crippen LogP) is 2.61. The highest BCUT2D eigenvalue weighted by Gasteiger charge is 2.08. The number of aromatic nitrogens is 1. The SMILES string of the molecule is CN(CCCCCc1cc(-c2cccc(F)c2)no1)C(=O)CN. The minimum Gasteiger partial charge on any atom is -0.361 e. The number of amides is 1. The summed E-state index contributed by atoms with van der Waals surface area (Å²) in [7, 11) is 1.76. The Morgan fingerprint density at radius 3 is 2.87 bits per heavy atom. The molecule has 0 radical (unpaired) electrons. The minimum absolute atomic E-state index is 0.0417. The van der Waals surface area contributed by atoms with Crippen molar-refractivity contribution in [3.63, 3.8) is 0 Å². The maximum atomic E-state index is 13.2. The van der Waals surface area contributed by atoms with Gasteiger partial charge in [0.15, 0.2) is 0 Å². The van der Waals surface area contributed by atoms with E-state index in [2.05, 4.69) is 5.16 Å². The highest BCUT2D eigenvalue weighted by Crippen LogP contribution is 2.20. The van der Waals surface area contributed by atoms with Gasteiger partial charge in [-0.3, -0.25) is 4.79 Å². The van der Waals surface area contributed by atoms with E-state index >= 15 is 0 Å². The molecule has 23 heavy (non-hydrogen) atoms. The van der Waals surface area contributed by atoms with Crippen molar-refractivity contribution in [2.24, 2.45) is 5.73 Å². The molecule has 1 heterocycles. The molecule has 1 amide bonds. The normalized spacial score (nSPS) is 10.7. The molecular formula is C17H22FN3O2. The fraction of sp³-hybridized carbons (Fsp3) is 0.412. The van der Waals surface area contributed by atoms with Crippen molar-refractivity contribution < 1.29 is 13.7 Å². The van der Waals surface area contributed by atoms with Crippen LogP contribution in [0.2, 0.25) is 0 Å². The Morgan fingerprint density at radius 1 is 1.30 bits per heavy atom. The maximum absolute atomic E-state index is 13.2. The van der Waals surface area contributed by atoms with Gasteiger partial charge in [-0.15, -0.1) is 0 Å². The molecule has 2 aromatic rings. The van der Waals surface area contributed by atoms with Crippen LogP contribution in [-0.4, -0.2) is 36.1 Å². The molecule has 0 aliphatic carbocycles. The third kappa shape index (κ3) is 5.17. The number of hydrogen-bond donors (Lipinski definition) is 1. The number of benzene rings is 1. The number of likely N-dealkylation sites (N-methyl/N-ethyl adjacent to an activating group) is 1. The van der Waals surface area contributed by atoms with Crippen LogP contribution in [0.15, 0.2) is 34.9 Å². The number of nitrogens with zero attached hydrogens (tertiary/aromatic N) is 2. The van der Waals surface area contributed by atoms with E-state index in [-0.39, 0.29) is 18.3 Å². The molecule has 0 atom stereocenters. The largest absolute Gasteiger partial charge is 0.361 e. The number of aryl methyl sites for hydroxylation is 1. The summed E-state index contributed by atoms with van der Waals surface area (Å²) in [5.74, 6) is 0.457. The summed E-state index contributed by atoms with van der Waals surface area (Å²) < 4.78 is 18.5. The van der Waals surface area contributed by atoms with Crippen LogP contribution in [0, 0.1) is 5.82 Å². The van der Waals surface area contributed by atoms with Gasteiger partial charge in [0.2, 0.25) is 5.91 Å². The van der Waals surface area contributed by atoms with Crippen molar-refractivity contribution in [3.8, 4) is 11.3 Å². The molecule has 0 bridgehead atoms. The van der Waals surface area contributed by atoms with Crippen molar-refractivity contribution >= 4 is 5.91 Å². The highest BCUT2D eigenvalue weighted by atomic mass is 19.1. The molecule has 6 heteroatoms. The zero-order chi connectivity index (χ0) is 16.7. The molecule has 2 N–H and O–H groups in total. The number of carbonyl (C=O) groups excluding carboxylic acids is 1. The first kappa shape index (κ1) is 17.1. The van der Waals surface area contributed by atoms with Gasteiger partial charge in [-0.1, -0.05) is 23.7 Å². The molecule has 1 aromatic heterocycles. The lowest BCUT2D eigenvalue weighted by molar-refractivity contribution is -0.128. The lowest BCUT2D eigenvalue weighted by Gasteiger charge is -2.15. The summed E-state index contributed by atoms with van der Waals surface area (Å²) in [6.45, 7) is 0.762. The predicted molar refractivity (Wildman–Crippen MR) is 86.1 cm³/mol. The first-order chi connectivity index (χ1) is 11.1. The van der Waals surface area contributed by atoms with E-state index in [4.69, 9.17) is 10.3 Å². The van der Waals surface area contributed by atoms with Gasteiger partial charge in [0.25, 0.3) is 0 Å². The Labute approximate surface area is 135 Å². The van der Waals surface area contributed by atoms with E-state index in [9.17, 15) is 9.18 Å². The third-order valence-corrected chi connectivity index (χ3v) is 3.70. The first-order valence-electron chi connectivity index (χ1n) is 7.75. The van der Waals surface area contributed by atoms with Crippen LogP contribution in [0.5, 0.6) is 0 Å². The quantitative estimate of drug-likeness (QED) is 0.759. The van der Waals surface area contributed by atoms with Gasteiger partial charge in [-0.25, -0.2) is 4.39 Å². The molecule has 0 fully saturated rings. The van der Waals surface area contributed by atoms with E-state index in [1.807, 2.05) is 6.07 Å².